The third kappa shape index (κ3) is 5.36. The summed E-state index contributed by atoms with van der Waals surface area (Å²) in [5.41, 5.74) is 4.82. The van der Waals surface area contributed by atoms with Crippen LogP contribution >= 0.6 is 0 Å². The minimum Gasteiger partial charge on any atom is -0.469 e. The molecule has 0 bridgehead atoms. The number of hydrogen-bond acceptors (Lipinski definition) is 4. The lowest BCUT2D eigenvalue weighted by atomic mass is 9.84. The Hall–Kier alpha value is -0.900. The first-order valence-corrected chi connectivity index (χ1v) is 4.20. The van der Waals surface area contributed by atoms with Crippen LogP contribution in [0.2, 0.25) is 0 Å². The second-order valence-corrected chi connectivity index (χ2v) is 3.84. The number of rotatable bonds is 5. The van der Waals surface area contributed by atoms with Crippen LogP contribution in [-0.2, 0) is 14.3 Å². The molecular weight excluding hydrogens is 170 g/mol. The lowest BCUT2D eigenvalue weighted by molar-refractivity contribution is -0.143. The largest absolute Gasteiger partial charge is 0.469 e. The van der Waals surface area contributed by atoms with E-state index in [1.807, 2.05) is 13.8 Å². The van der Waals surface area contributed by atoms with Crippen molar-refractivity contribution in [2.24, 2.45) is 11.1 Å². The van der Waals surface area contributed by atoms with Crippen molar-refractivity contribution in [2.45, 2.75) is 26.7 Å². The van der Waals surface area contributed by atoms with Crippen molar-refractivity contribution in [3.63, 3.8) is 0 Å². The van der Waals surface area contributed by atoms with Gasteiger partial charge in [-0.3, -0.25) is 9.59 Å². The zero-order chi connectivity index (χ0) is 10.5. The van der Waals surface area contributed by atoms with Gasteiger partial charge in [-0.25, -0.2) is 0 Å². The van der Waals surface area contributed by atoms with E-state index in [9.17, 15) is 9.59 Å². The van der Waals surface area contributed by atoms with Gasteiger partial charge >= 0.3 is 5.97 Å². The second kappa shape index (κ2) is 4.97. The summed E-state index contributed by atoms with van der Waals surface area (Å²) in [7, 11) is 1.34. The highest BCUT2D eigenvalue weighted by atomic mass is 16.5. The minimum atomic E-state index is -0.358. The van der Waals surface area contributed by atoms with Gasteiger partial charge in [0.05, 0.1) is 20.1 Å². The molecule has 0 saturated carbocycles. The Morgan fingerprint density at radius 3 is 2.23 bits per heavy atom. The molecular formula is C9H17NO3. The number of nitrogens with two attached hydrogens (primary N) is 1. The molecule has 76 valence electrons. The Morgan fingerprint density at radius 1 is 1.31 bits per heavy atom. The normalized spacial score (nSPS) is 11.1. The number of carbonyl (C=O) groups is 2. The lowest BCUT2D eigenvalue weighted by Crippen LogP contribution is -2.25. The Balaban J connectivity index is 4.07. The van der Waals surface area contributed by atoms with E-state index in [1.54, 1.807) is 0 Å². The molecule has 0 aliphatic carbocycles. The van der Waals surface area contributed by atoms with Crippen molar-refractivity contribution in [2.75, 3.05) is 13.7 Å². The monoisotopic (exact) mass is 187 g/mol. The van der Waals surface area contributed by atoms with E-state index in [2.05, 4.69) is 4.74 Å². The number of ketones is 1. The molecule has 0 aromatic heterocycles. The van der Waals surface area contributed by atoms with Crippen LogP contribution < -0.4 is 5.73 Å². The maximum atomic E-state index is 11.0. The van der Waals surface area contributed by atoms with Crippen molar-refractivity contribution in [3.8, 4) is 0 Å². The van der Waals surface area contributed by atoms with Crippen LogP contribution in [0.25, 0.3) is 0 Å². The molecule has 0 amide bonds. The average Bonchev–Trinajstić information content (AvgIpc) is 2.02. The third-order valence-electron chi connectivity index (χ3n) is 1.75. The van der Waals surface area contributed by atoms with Gasteiger partial charge in [-0.1, -0.05) is 13.8 Å². The number of carbonyl (C=O) groups excluding carboxylic acids is 2. The van der Waals surface area contributed by atoms with E-state index in [0.717, 1.165) is 0 Å². The standard InChI is InChI=1S/C9H17NO3/c1-9(2,4-7(11)6-10)5-8(12)13-3/h4-6,10H2,1-3H3. The molecule has 4 nitrogen and oxygen atoms in total. The van der Waals surface area contributed by atoms with E-state index in [4.69, 9.17) is 5.73 Å². The van der Waals surface area contributed by atoms with Gasteiger partial charge in [0.25, 0.3) is 0 Å². The van der Waals surface area contributed by atoms with Gasteiger partial charge in [0.15, 0.2) is 0 Å². The second-order valence-electron chi connectivity index (χ2n) is 3.84. The third-order valence-corrected chi connectivity index (χ3v) is 1.75. The van der Waals surface area contributed by atoms with Crippen molar-refractivity contribution < 1.29 is 14.3 Å². The average molecular weight is 187 g/mol. The fraction of sp³-hybridized carbons (Fsp3) is 0.778. The van der Waals surface area contributed by atoms with Gasteiger partial charge in [-0.05, 0) is 5.41 Å². The molecule has 0 saturated heterocycles. The van der Waals surface area contributed by atoms with Crippen LogP contribution in [-0.4, -0.2) is 25.4 Å². The van der Waals surface area contributed by atoms with E-state index in [0.29, 0.717) is 6.42 Å². The summed E-state index contributed by atoms with van der Waals surface area (Å²) in [5, 5.41) is 0. The van der Waals surface area contributed by atoms with Crippen molar-refractivity contribution in [1.82, 2.24) is 0 Å². The van der Waals surface area contributed by atoms with Gasteiger partial charge in [0, 0.05) is 6.42 Å². The first-order chi connectivity index (χ1) is 5.91. The van der Waals surface area contributed by atoms with Gasteiger partial charge in [-0.15, -0.1) is 0 Å². The van der Waals surface area contributed by atoms with Gasteiger partial charge in [0.1, 0.15) is 5.78 Å². The number of ether oxygens (including phenoxy) is 1. The van der Waals surface area contributed by atoms with Crippen LogP contribution in [0.5, 0.6) is 0 Å². The molecule has 0 aliphatic rings. The number of Topliss-reactive ketones (excluding diaryl/α,β-unsaturated/α-hetero) is 1. The van der Waals surface area contributed by atoms with Crippen LogP contribution in [0, 0.1) is 5.41 Å². The van der Waals surface area contributed by atoms with Gasteiger partial charge in [0.2, 0.25) is 0 Å². The molecule has 0 atom stereocenters. The zero-order valence-electron chi connectivity index (χ0n) is 8.42. The summed E-state index contributed by atoms with van der Waals surface area (Å²) in [5.74, 6) is -0.330. The van der Waals surface area contributed by atoms with Gasteiger partial charge in [-0.2, -0.15) is 0 Å². The Morgan fingerprint density at radius 2 is 1.85 bits per heavy atom. The fourth-order valence-electron chi connectivity index (χ4n) is 1.13. The highest BCUT2D eigenvalue weighted by molar-refractivity contribution is 5.81. The summed E-state index contributed by atoms with van der Waals surface area (Å²) in [6.45, 7) is 3.72. The van der Waals surface area contributed by atoms with E-state index < -0.39 is 0 Å². The highest BCUT2D eigenvalue weighted by Gasteiger charge is 2.24. The zero-order valence-corrected chi connectivity index (χ0v) is 8.42. The van der Waals surface area contributed by atoms with Crippen LogP contribution in [0.1, 0.15) is 26.7 Å². The summed E-state index contributed by atoms with van der Waals surface area (Å²) in [6.07, 6.45) is 0.563. The summed E-state index contributed by atoms with van der Waals surface area (Å²) >= 11 is 0. The molecule has 0 rings (SSSR count). The summed E-state index contributed by atoms with van der Waals surface area (Å²) in [4.78, 5) is 22.0. The Bertz CT molecular complexity index is 179. The molecule has 0 heterocycles. The van der Waals surface area contributed by atoms with Crippen molar-refractivity contribution in [3.05, 3.63) is 0 Å². The Kier molecular flexibility index (Phi) is 4.62. The molecule has 0 spiro atoms. The molecule has 0 aromatic carbocycles. The molecule has 0 aromatic rings. The first-order valence-electron chi connectivity index (χ1n) is 4.20. The van der Waals surface area contributed by atoms with Crippen LogP contribution in [0.15, 0.2) is 0 Å². The smallest absolute Gasteiger partial charge is 0.306 e. The fourth-order valence-corrected chi connectivity index (χ4v) is 1.13. The minimum absolute atomic E-state index is 0.0323. The molecule has 0 radical (unpaired) electrons. The molecule has 2 N–H and O–H groups in total. The predicted octanol–water partition coefficient (Wildman–Crippen LogP) is 0.494. The molecule has 13 heavy (non-hydrogen) atoms. The van der Waals surface area contributed by atoms with Gasteiger partial charge < -0.3 is 10.5 Å². The number of hydrogen-bond donors (Lipinski definition) is 1. The Labute approximate surface area is 78.4 Å². The molecule has 0 fully saturated rings. The maximum Gasteiger partial charge on any atom is 0.306 e. The van der Waals surface area contributed by atoms with Crippen molar-refractivity contribution in [1.29, 1.82) is 0 Å². The molecule has 4 heteroatoms. The number of esters is 1. The van der Waals surface area contributed by atoms with Crippen LogP contribution in [0.3, 0.4) is 0 Å². The lowest BCUT2D eigenvalue weighted by Gasteiger charge is -2.21. The quantitative estimate of drug-likeness (QED) is 0.636. The maximum absolute atomic E-state index is 11.0. The topological polar surface area (TPSA) is 69.4 Å². The van der Waals surface area contributed by atoms with Crippen LogP contribution in [0.4, 0.5) is 0 Å². The van der Waals surface area contributed by atoms with E-state index >= 15 is 0 Å². The highest BCUT2D eigenvalue weighted by Crippen LogP contribution is 2.25. The first kappa shape index (κ1) is 12.1. The van der Waals surface area contributed by atoms with E-state index in [1.165, 1.54) is 7.11 Å². The summed E-state index contributed by atoms with van der Waals surface area (Å²) < 4.78 is 4.52. The summed E-state index contributed by atoms with van der Waals surface area (Å²) in [6, 6.07) is 0. The van der Waals surface area contributed by atoms with E-state index in [-0.39, 0.29) is 30.1 Å². The number of methoxy groups -OCH3 is 1. The van der Waals surface area contributed by atoms with Crippen molar-refractivity contribution >= 4 is 11.8 Å². The predicted molar refractivity (Wildman–Crippen MR) is 49.1 cm³/mol. The molecule has 0 unspecified atom stereocenters. The SMILES string of the molecule is COC(=O)CC(C)(C)CC(=O)CN. The molecule has 0 aliphatic heterocycles.